The third kappa shape index (κ3) is 7.55. The van der Waals surface area contributed by atoms with E-state index in [1.165, 1.54) is 38.3 Å². The molecule has 1 fully saturated rings. The summed E-state index contributed by atoms with van der Waals surface area (Å²) >= 11 is 6.26. The van der Waals surface area contributed by atoms with Gasteiger partial charge in [-0.05, 0) is 43.2 Å². The fourth-order valence-corrected chi connectivity index (χ4v) is 4.24. The summed E-state index contributed by atoms with van der Waals surface area (Å²) in [6.07, 6.45) is 1.33. The number of rotatable bonds is 10. The SMILES string of the molecule is COc1cc(NC(C)=O)c(Cl)cc1C(=O)N[C@@H]1CCN(CCCOc2ccc(F)cc2)C[C@@H]1OC. The summed E-state index contributed by atoms with van der Waals surface area (Å²) in [5.74, 6) is 0.0575. The summed E-state index contributed by atoms with van der Waals surface area (Å²) in [7, 11) is 3.08. The van der Waals surface area contributed by atoms with Crippen LogP contribution in [0, 0.1) is 5.82 Å². The third-order valence-corrected chi connectivity index (χ3v) is 6.12. The molecular weight excluding hydrogens is 477 g/mol. The van der Waals surface area contributed by atoms with Crippen molar-refractivity contribution in [2.24, 2.45) is 0 Å². The van der Waals surface area contributed by atoms with Gasteiger partial charge in [-0.2, -0.15) is 0 Å². The van der Waals surface area contributed by atoms with Crippen LogP contribution >= 0.6 is 11.6 Å². The number of ether oxygens (including phenoxy) is 3. The summed E-state index contributed by atoms with van der Waals surface area (Å²) in [5, 5.41) is 5.90. The van der Waals surface area contributed by atoms with E-state index in [4.69, 9.17) is 25.8 Å². The molecule has 1 aliphatic rings. The number of piperidine rings is 1. The van der Waals surface area contributed by atoms with Gasteiger partial charge in [-0.3, -0.25) is 9.59 Å². The topological polar surface area (TPSA) is 89.1 Å². The van der Waals surface area contributed by atoms with Gasteiger partial charge in [0, 0.05) is 39.7 Å². The second-order valence-electron chi connectivity index (χ2n) is 8.31. The fraction of sp³-hybridized carbons (Fsp3) is 0.440. The Morgan fingerprint density at radius 2 is 1.94 bits per heavy atom. The minimum atomic E-state index is -0.327. The molecule has 0 spiro atoms. The molecule has 0 aromatic heterocycles. The highest BCUT2D eigenvalue weighted by Crippen LogP contribution is 2.31. The van der Waals surface area contributed by atoms with Gasteiger partial charge in [0.2, 0.25) is 5.91 Å². The van der Waals surface area contributed by atoms with E-state index in [0.29, 0.717) is 36.8 Å². The van der Waals surface area contributed by atoms with Crippen molar-refractivity contribution in [2.75, 3.05) is 45.8 Å². The summed E-state index contributed by atoms with van der Waals surface area (Å²) < 4.78 is 29.7. The van der Waals surface area contributed by atoms with E-state index in [1.807, 2.05) is 0 Å². The number of carbonyl (C=O) groups is 2. The van der Waals surface area contributed by atoms with Crippen LogP contribution in [-0.4, -0.2) is 69.3 Å². The first kappa shape index (κ1) is 26.7. The highest BCUT2D eigenvalue weighted by Gasteiger charge is 2.31. The molecule has 3 rings (SSSR count). The Labute approximate surface area is 209 Å². The maximum Gasteiger partial charge on any atom is 0.255 e. The molecule has 0 bridgehead atoms. The van der Waals surface area contributed by atoms with Gasteiger partial charge in [-0.1, -0.05) is 11.6 Å². The molecule has 2 amide bonds. The molecule has 1 heterocycles. The standard InChI is InChI=1S/C25H31ClFN3O5/c1-16(31)28-22-14-23(33-2)19(13-20(22)26)25(32)29-21-9-11-30(15-24(21)34-3)10-4-12-35-18-7-5-17(27)6-8-18/h5-8,13-14,21,24H,4,9-12,15H2,1-3H3,(H,28,31)(H,29,32)/t21-,24+/m1/s1. The second kappa shape index (κ2) is 12.7. The zero-order chi connectivity index (χ0) is 25.4. The molecule has 0 radical (unpaired) electrons. The lowest BCUT2D eigenvalue weighted by Gasteiger charge is -2.38. The van der Waals surface area contributed by atoms with E-state index in [0.717, 1.165) is 19.5 Å². The smallest absolute Gasteiger partial charge is 0.255 e. The van der Waals surface area contributed by atoms with Crippen LogP contribution in [0.25, 0.3) is 0 Å². The Bertz CT molecular complexity index is 1020. The number of nitrogens with zero attached hydrogens (tertiary/aromatic N) is 1. The Hall–Kier alpha value is -2.88. The Kier molecular flexibility index (Phi) is 9.71. The molecule has 1 saturated heterocycles. The van der Waals surface area contributed by atoms with E-state index >= 15 is 0 Å². The van der Waals surface area contributed by atoms with E-state index in [2.05, 4.69) is 15.5 Å². The Morgan fingerprint density at radius 1 is 1.20 bits per heavy atom. The number of amides is 2. The van der Waals surface area contributed by atoms with Crippen LogP contribution in [0.3, 0.4) is 0 Å². The summed E-state index contributed by atoms with van der Waals surface area (Å²) in [6, 6.07) is 8.80. The van der Waals surface area contributed by atoms with Crippen LogP contribution in [0.5, 0.6) is 11.5 Å². The van der Waals surface area contributed by atoms with Crippen molar-refractivity contribution < 1.29 is 28.2 Å². The van der Waals surface area contributed by atoms with Crippen LogP contribution in [0.1, 0.15) is 30.1 Å². The van der Waals surface area contributed by atoms with Crippen molar-refractivity contribution in [3.05, 3.63) is 52.8 Å². The van der Waals surface area contributed by atoms with Gasteiger partial charge in [0.15, 0.2) is 0 Å². The lowest BCUT2D eigenvalue weighted by Crippen LogP contribution is -2.55. The predicted molar refractivity (Wildman–Crippen MR) is 132 cm³/mol. The van der Waals surface area contributed by atoms with E-state index in [9.17, 15) is 14.0 Å². The van der Waals surface area contributed by atoms with E-state index < -0.39 is 0 Å². The van der Waals surface area contributed by atoms with Crippen LogP contribution in [0.2, 0.25) is 5.02 Å². The van der Waals surface area contributed by atoms with Gasteiger partial charge in [-0.25, -0.2) is 4.39 Å². The monoisotopic (exact) mass is 507 g/mol. The van der Waals surface area contributed by atoms with Crippen molar-refractivity contribution in [1.82, 2.24) is 10.2 Å². The highest BCUT2D eigenvalue weighted by molar-refractivity contribution is 6.34. The first-order valence-corrected chi connectivity index (χ1v) is 11.8. The van der Waals surface area contributed by atoms with Crippen molar-refractivity contribution in [3.8, 4) is 11.5 Å². The quantitative estimate of drug-likeness (QED) is 0.476. The molecule has 0 aliphatic carbocycles. The zero-order valence-electron chi connectivity index (χ0n) is 20.1. The minimum Gasteiger partial charge on any atom is -0.496 e. The molecule has 2 aromatic carbocycles. The molecule has 2 N–H and O–H groups in total. The van der Waals surface area contributed by atoms with Crippen LogP contribution in [-0.2, 0) is 9.53 Å². The van der Waals surface area contributed by atoms with Crippen LogP contribution < -0.4 is 20.1 Å². The highest BCUT2D eigenvalue weighted by atomic mass is 35.5. The average Bonchev–Trinajstić information content (AvgIpc) is 2.84. The van der Waals surface area contributed by atoms with Crippen molar-refractivity contribution in [1.29, 1.82) is 0 Å². The number of carbonyl (C=O) groups excluding carboxylic acids is 2. The van der Waals surface area contributed by atoms with Crippen molar-refractivity contribution in [2.45, 2.75) is 31.9 Å². The Morgan fingerprint density at radius 3 is 2.60 bits per heavy atom. The van der Waals surface area contributed by atoms with Crippen LogP contribution in [0.4, 0.5) is 10.1 Å². The van der Waals surface area contributed by atoms with Crippen molar-refractivity contribution in [3.63, 3.8) is 0 Å². The van der Waals surface area contributed by atoms with Gasteiger partial charge >= 0.3 is 0 Å². The fourth-order valence-electron chi connectivity index (χ4n) is 4.03. The minimum absolute atomic E-state index is 0.183. The number of nitrogens with one attached hydrogen (secondary N) is 2. The van der Waals surface area contributed by atoms with Gasteiger partial charge < -0.3 is 29.7 Å². The molecule has 2 aromatic rings. The number of methoxy groups -OCH3 is 2. The normalized spacial score (nSPS) is 18.1. The van der Waals surface area contributed by atoms with Gasteiger partial charge in [-0.15, -0.1) is 0 Å². The molecule has 2 atom stereocenters. The second-order valence-corrected chi connectivity index (χ2v) is 8.72. The lowest BCUT2D eigenvalue weighted by molar-refractivity contribution is -0.114. The zero-order valence-corrected chi connectivity index (χ0v) is 20.9. The number of hydrogen-bond donors (Lipinski definition) is 2. The lowest BCUT2D eigenvalue weighted by atomic mass is 10.0. The molecule has 190 valence electrons. The first-order valence-electron chi connectivity index (χ1n) is 11.4. The summed E-state index contributed by atoms with van der Waals surface area (Å²) in [4.78, 5) is 26.7. The molecule has 8 nitrogen and oxygen atoms in total. The maximum atomic E-state index is 13.0. The molecule has 0 unspecified atom stereocenters. The predicted octanol–water partition coefficient (Wildman–Crippen LogP) is 3.73. The number of hydrogen-bond acceptors (Lipinski definition) is 6. The number of benzene rings is 2. The molecule has 1 aliphatic heterocycles. The molecule has 0 saturated carbocycles. The van der Waals surface area contributed by atoms with Crippen molar-refractivity contribution >= 4 is 29.1 Å². The Balaban J connectivity index is 1.53. The summed E-state index contributed by atoms with van der Waals surface area (Å²) in [6.45, 7) is 4.17. The summed E-state index contributed by atoms with van der Waals surface area (Å²) in [5.41, 5.74) is 0.654. The number of likely N-dealkylation sites (tertiary alicyclic amines) is 1. The van der Waals surface area contributed by atoms with Gasteiger partial charge in [0.25, 0.3) is 5.91 Å². The maximum absolute atomic E-state index is 13.0. The molecule has 10 heteroatoms. The number of anilines is 1. The van der Waals surface area contributed by atoms with Crippen LogP contribution in [0.15, 0.2) is 36.4 Å². The number of halogens is 2. The molecule has 35 heavy (non-hydrogen) atoms. The van der Waals surface area contributed by atoms with Gasteiger partial charge in [0.05, 0.1) is 42.1 Å². The molecular formula is C25H31ClFN3O5. The van der Waals surface area contributed by atoms with E-state index in [-0.39, 0.29) is 40.4 Å². The average molecular weight is 508 g/mol. The van der Waals surface area contributed by atoms with E-state index in [1.54, 1.807) is 19.2 Å². The first-order chi connectivity index (χ1) is 16.8. The largest absolute Gasteiger partial charge is 0.496 e. The van der Waals surface area contributed by atoms with Gasteiger partial charge in [0.1, 0.15) is 17.3 Å². The third-order valence-electron chi connectivity index (χ3n) is 5.81.